The van der Waals surface area contributed by atoms with Crippen LogP contribution in [0.1, 0.15) is 18.9 Å². The molecule has 6 heteroatoms. The van der Waals surface area contributed by atoms with Crippen LogP contribution in [0.15, 0.2) is 34.7 Å². The summed E-state index contributed by atoms with van der Waals surface area (Å²) in [6, 6.07) is 4.67. The van der Waals surface area contributed by atoms with Gasteiger partial charge in [-0.05, 0) is 37.1 Å². The van der Waals surface area contributed by atoms with Gasteiger partial charge in [0.25, 0.3) is 0 Å². The largest absolute Gasteiger partial charge is 0.326 e. The first-order valence-corrected chi connectivity index (χ1v) is 7.91. The van der Waals surface area contributed by atoms with Crippen molar-refractivity contribution in [2.75, 3.05) is 13.1 Å². The third kappa shape index (κ3) is 3.00. The monoisotopic (exact) mass is 300 g/mol. The normalized spacial score (nSPS) is 17.3. The second-order valence-electron chi connectivity index (χ2n) is 4.62. The molecular weight excluding hydrogens is 284 g/mol. The first-order valence-electron chi connectivity index (χ1n) is 6.09. The number of sulfonamides is 1. The van der Waals surface area contributed by atoms with Crippen LogP contribution in [0.3, 0.4) is 0 Å². The molecule has 4 nitrogen and oxygen atoms in total. The molecule has 0 aromatic heterocycles. The highest BCUT2D eigenvalue weighted by Gasteiger charge is 2.25. The Balaban J connectivity index is 2.35. The number of rotatable bonds is 3. The lowest BCUT2D eigenvalue weighted by Gasteiger charge is -2.25. The van der Waals surface area contributed by atoms with Crippen molar-refractivity contribution in [2.24, 2.45) is 5.73 Å². The second kappa shape index (κ2) is 5.63. The molecule has 0 fully saturated rings. The molecule has 104 valence electrons. The van der Waals surface area contributed by atoms with Crippen molar-refractivity contribution in [2.45, 2.75) is 24.8 Å². The van der Waals surface area contributed by atoms with Crippen LogP contribution in [0.25, 0.3) is 0 Å². The van der Waals surface area contributed by atoms with Gasteiger partial charge in [-0.3, -0.25) is 0 Å². The van der Waals surface area contributed by atoms with E-state index in [0.717, 1.165) is 6.42 Å². The maximum atomic E-state index is 12.5. The molecule has 0 spiro atoms. The topological polar surface area (TPSA) is 63.4 Å². The predicted molar refractivity (Wildman–Crippen MR) is 76.5 cm³/mol. The zero-order valence-electron chi connectivity index (χ0n) is 10.8. The van der Waals surface area contributed by atoms with Crippen LogP contribution in [-0.2, 0) is 16.6 Å². The van der Waals surface area contributed by atoms with Crippen molar-refractivity contribution in [3.05, 3.63) is 40.4 Å². The van der Waals surface area contributed by atoms with Crippen LogP contribution in [0.4, 0.5) is 0 Å². The van der Waals surface area contributed by atoms with Gasteiger partial charge in [0, 0.05) is 24.7 Å². The lowest BCUT2D eigenvalue weighted by Crippen LogP contribution is -2.34. The first-order chi connectivity index (χ1) is 8.95. The average molecular weight is 301 g/mol. The fourth-order valence-corrected chi connectivity index (χ4v) is 3.61. The maximum absolute atomic E-state index is 12.5. The zero-order valence-corrected chi connectivity index (χ0v) is 12.3. The summed E-state index contributed by atoms with van der Waals surface area (Å²) in [6.07, 6.45) is 2.72. The molecule has 1 aromatic carbocycles. The van der Waals surface area contributed by atoms with Gasteiger partial charge in [0.15, 0.2) is 0 Å². The summed E-state index contributed by atoms with van der Waals surface area (Å²) in [4.78, 5) is 0.255. The van der Waals surface area contributed by atoms with E-state index in [2.05, 4.69) is 0 Å². The molecule has 19 heavy (non-hydrogen) atoms. The molecule has 1 aromatic rings. The van der Waals surface area contributed by atoms with Crippen molar-refractivity contribution in [1.82, 2.24) is 4.31 Å². The van der Waals surface area contributed by atoms with Gasteiger partial charge < -0.3 is 5.73 Å². The Kier molecular flexibility index (Phi) is 4.30. The fraction of sp³-hybridized carbons (Fsp3) is 0.385. The molecule has 0 aliphatic carbocycles. The molecule has 1 heterocycles. The van der Waals surface area contributed by atoms with Gasteiger partial charge in [-0.2, -0.15) is 4.31 Å². The van der Waals surface area contributed by atoms with E-state index in [9.17, 15) is 8.42 Å². The summed E-state index contributed by atoms with van der Waals surface area (Å²) in [5.74, 6) is 0. The van der Waals surface area contributed by atoms with Gasteiger partial charge in [0.1, 0.15) is 0 Å². The summed E-state index contributed by atoms with van der Waals surface area (Å²) in [7, 11) is -3.46. The molecular formula is C13H17ClN2O2S. The van der Waals surface area contributed by atoms with Crippen molar-refractivity contribution < 1.29 is 8.42 Å². The molecule has 0 amide bonds. The lowest BCUT2D eigenvalue weighted by molar-refractivity contribution is 0.431. The van der Waals surface area contributed by atoms with E-state index in [0.29, 0.717) is 23.7 Å². The van der Waals surface area contributed by atoms with Gasteiger partial charge in [-0.25, -0.2) is 8.42 Å². The van der Waals surface area contributed by atoms with Crippen LogP contribution in [0.2, 0.25) is 5.02 Å². The van der Waals surface area contributed by atoms with Crippen LogP contribution in [-0.4, -0.2) is 25.8 Å². The minimum Gasteiger partial charge on any atom is -0.326 e. The molecule has 0 atom stereocenters. The van der Waals surface area contributed by atoms with Crippen molar-refractivity contribution >= 4 is 21.6 Å². The van der Waals surface area contributed by atoms with E-state index in [-0.39, 0.29) is 11.4 Å². The number of hydrogen-bond acceptors (Lipinski definition) is 3. The number of nitrogens with zero attached hydrogens (tertiary/aromatic N) is 1. The van der Waals surface area contributed by atoms with E-state index in [1.807, 2.05) is 13.0 Å². The lowest BCUT2D eigenvalue weighted by atomic mass is 10.1. The van der Waals surface area contributed by atoms with E-state index in [1.54, 1.807) is 12.1 Å². The van der Waals surface area contributed by atoms with Crippen molar-refractivity contribution in [3.63, 3.8) is 0 Å². The molecule has 0 radical (unpaired) electrons. The Hall–Kier alpha value is -0.880. The fourth-order valence-electron chi connectivity index (χ4n) is 1.99. The quantitative estimate of drug-likeness (QED) is 0.870. The molecule has 0 saturated heterocycles. The Morgan fingerprint density at radius 1 is 1.42 bits per heavy atom. The van der Waals surface area contributed by atoms with Crippen molar-refractivity contribution in [1.29, 1.82) is 0 Å². The maximum Gasteiger partial charge on any atom is 0.243 e. The molecule has 2 rings (SSSR count). The zero-order chi connectivity index (χ0) is 14.0. The number of halogens is 1. The average Bonchev–Trinajstić information content (AvgIpc) is 2.39. The third-order valence-electron chi connectivity index (χ3n) is 3.27. The highest BCUT2D eigenvalue weighted by molar-refractivity contribution is 7.89. The number of nitrogens with two attached hydrogens (primary N) is 1. The summed E-state index contributed by atoms with van der Waals surface area (Å²) < 4.78 is 26.4. The molecule has 1 aliphatic rings. The predicted octanol–water partition coefficient (Wildman–Crippen LogP) is 2.14. The second-order valence-corrected chi connectivity index (χ2v) is 6.97. The van der Waals surface area contributed by atoms with Gasteiger partial charge in [0.2, 0.25) is 10.0 Å². The Bertz CT molecular complexity index is 611. The smallest absolute Gasteiger partial charge is 0.243 e. The molecule has 2 N–H and O–H groups in total. The highest BCUT2D eigenvalue weighted by Crippen LogP contribution is 2.24. The van der Waals surface area contributed by atoms with Crippen molar-refractivity contribution in [3.8, 4) is 0 Å². The Labute approximate surface area is 118 Å². The van der Waals surface area contributed by atoms with Gasteiger partial charge in [0.05, 0.1) is 4.90 Å². The first kappa shape index (κ1) is 14.5. The summed E-state index contributed by atoms with van der Waals surface area (Å²) >= 11 is 5.95. The van der Waals surface area contributed by atoms with E-state index < -0.39 is 10.0 Å². The highest BCUT2D eigenvalue weighted by atomic mass is 35.5. The van der Waals surface area contributed by atoms with E-state index in [4.69, 9.17) is 17.3 Å². The Morgan fingerprint density at radius 3 is 2.74 bits per heavy atom. The van der Waals surface area contributed by atoms with Gasteiger partial charge >= 0.3 is 0 Å². The van der Waals surface area contributed by atoms with Gasteiger partial charge in [-0.15, -0.1) is 0 Å². The molecule has 1 aliphatic heterocycles. The molecule has 0 saturated carbocycles. The standard InChI is InChI=1S/C13H17ClN2O2S/c1-10-4-6-16(7-5-10)19(17,18)12-2-3-13(14)11(8-12)9-15/h2-4,8H,5-7,9,15H2,1H3. The van der Waals surface area contributed by atoms with Crippen LogP contribution >= 0.6 is 11.6 Å². The van der Waals surface area contributed by atoms with Crippen LogP contribution in [0, 0.1) is 0 Å². The van der Waals surface area contributed by atoms with Gasteiger partial charge in [-0.1, -0.05) is 23.3 Å². The van der Waals surface area contributed by atoms with E-state index in [1.165, 1.54) is 15.9 Å². The van der Waals surface area contributed by atoms with Crippen LogP contribution < -0.4 is 5.73 Å². The molecule has 0 bridgehead atoms. The van der Waals surface area contributed by atoms with Crippen LogP contribution in [0.5, 0.6) is 0 Å². The summed E-state index contributed by atoms with van der Waals surface area (Å²) in [6.45, 7) is 3.18. The third-order valence-corrected chi connectivity index (χ3v) is 5.50. The number of hydrogen-bond donors (Lipinski definition) is 1. The summed E-state index contributed by atoms with van der Waals surface area (Å²) in [5.41, 5.74) is 7.43. The van der Waals surface area contributed by atoms with E-state index >= 15 is 0 Å². The minimum atomic E-state index is -3.46. The summed E-state index contributed by atoms with van der Waals surface area (Å²) in [5, 5.41) is 0.496. The molecule has 0 unspecified atom stereocenters. The minimum absolute atomic E-state index is 0.223. The number of benzene rings is 1. The SMILES string of the molecule is CC1=CCN(S(=O)(=O)c2ccc(Cl)c(CN)c2)CC1. The Morgan fingerprint density at radius 2 is 2.16 bits per heavy atom.